The van der Waals surface area contributed by atoms with Crippen molar-refractivity contribution in [3.05, 3.63) is 29.5 Å². The zero-order valence-electron chi connectivity index (χ0n) is 21.2. The predicted molar refractivity (Wildman–Crippen MR) is 144 cm³/mol. The molecule has 2 saturated carbocycles. The SMILES string of the molecule is C[C@H]1CC[C@H](Cn2c(N3CCO[C@@H]4CCC[C@H]43)nc3cc(-c4n[nH][nH]4)nc(-c4cncc(Cl)c4)c32)CC1. The monoisotopic (exact) mass is 520 g/mol. The molecule has 37 heavy (non-hydrogen) atoms. The fourth-order valence-corrected chi connectivity index (χ4v) is 6.75. The molecule has 1 saturated heterocycles. The topological polar surface area (TPSA) is 101 Å². The number of ether oxygens (including phenoxy) is 1. The van der Waals surface area contributed by atoms with E-state index in [4.69, 9.17) is 26.3 Å². The van der Waals surface area contributed by atoms with E-state index in [0.29, 0.717) is 28.9 Å². The highest BCUT2D eigenvalue weighted by Gasteiger charge is 2.39. The van der Waals surface area contributed by atoms with Crippen molar-refractivity contribution in [2.45, 2.75) is 70.6 Å². The smallest absolute Gasteiger partial charge is 0.207 e. The zero-order valence-corrected chi connectivity index (χ0v) is 21.9. The van der Waals surface area contributed by atoms with E-state index < -0.39 is 0 Å². The van der Waals surface area contributed by atoms with Gasteiger partial charge in [-0.3, -0.25) is 10.1 Å². The Labute approximate surface area is 221 Å². The summed E-state index contributed by atoms with van der Waals surface area (Å²) in [6, 6.07) is 4.37. The first kappa shape index (κ1) is 23.2. The molecule has 0 spiro atoms. The summed E-state index contributed by atoms with van der Waals surface area (Å²) >= 11 is 6.40. The van der Waals surface area contributed by atoms with Crippen LogP contribution >= 0.6 is 11.6 Å². The quantitative estimate of drug-likeness (QED) is 0.363. The van der Waals surface area contributed by atoms with Gasteiger partial charge in [0.2, 0.25) is 5.95 Å². The molecular formula is C27H33ClN8O. The van der Waals surface area contributed by atoms with Gasteiger partial charge in [0.25, 0.3) is 0 Å². The third-order valence-electron chi connectivity index (χ3n) is 8.58. The number of hydrogen-bond donors (Lipinski definition) is 2. The number of pyridine rings is 2. The normalized spacial score (nSPS) is 26.2. The van der Waals surface area contributed by atoms with Gasteiger partial charge in [-0.1, -0.05) is 31.4 Å². The molecule has 0 aromatic carbocycles. The highest BCUT2D eigenvalue weighted by molar-refractivity contribution is 6.30. The molecule has 2 aliphatic carbocycles. The van der Waals surface area contributed by atoms with Gasteiger partial charge in [0, 0.05) is 31.0 Å². The van der Waals surface area contributed by atoms with Crippen LogP contribution in [0.4, 0.5) is 5.95 Å². The number of aromatic nitrogens is 7. The number of nitrogens with zero attached hydrogens (tertiary/aromatic N) is 6. The van der Waals surface area contributed by atoms with E-state index in [-0.39, 0.29) is 0 Å². The van der Waals surface area contributed by atoms with Crippen molar-refractivity contribution >= 4 is 28.6 Å². The number of fused-ring (bicyclic) bond motifs is 2. The van der Waals surface area contributed by atoms with Gasteiger partial charge >= 0.3 is 0 Å². The number of imidazole rings is 1. The van der Waals surface area contributed by atoms with Crippen LogP contribution in [-0.4, -0.2) is 60.2 Å². The minimum Gasteiger partial charge on any atom is -0.374 e. The molecule has 10 heteroatoms. The van der Waals surface area contributed by atoms with Crippen LogP contribution < -0.4 is 4.90 Å². The molecule has 7 rings (SSSR count). The third kappa shape index (κ3) is 4.22. The Morgan fingerprint density at radius 3 is 2.73 bits per heavy atom. The number of H-pyrrole nitrogens is 2. The molecule has 194 valence electrons. The second-order valence-corrected chi connectivity index (χ2v) is 11.5. The van der Waals surface area contributed by atoms with E-state index in [9.17, 15) is 0 Å². The van der Waals surface area contributed by atoms with Crippen molar-refractivity contribution < 1.29 is 4.74 Å². The number of nitrogens with one attached hydrogen (secondary N) is 2. The summed E-state index contributed by atoms with van der Waals surface area (Å²) in [5, 5.41) is 10.6. The fraction of sp³-hybridized carbons (Fsp3) is 0.556. The van der Waals surface area contributed by atoms with Gasteiger partial charge in [0.05, 0.1) is 40.5 Å². The van der Waals surface area contributed by atoms with Gasteiger partial charge < -0.3 is 14.2 Å². The van der Waals surface area contributed by atoms with Gasteiger partial charge in [0.15, 0.2) is 5.82 Å². The first-order chi connectivity index (χ1) is 18.1. The molecule has 3 fully saturated rings. The molecule has 0 bridgehead atoms. The first-order valence-corrected chi connectivity index (χ1v) is 14.0. The molecule has 2 N–H and O–H groups in total. The lowest BCUT2D eigenvalue weighted by Gasteiger charge is -2.39. The molecule has 1 aliphatic heterocycles. The maximum Gasteiger partial charge on any atom is 0.207 e. The van der Waals surface area contributed by atoms with E-state index in [1.54, 1.807) is 6.20 Å². The van der Waals surface area contributed by atoms with E-state index in [2.05, 4.69) is 42.9 Å². The summed E-state index contributed by atoms with van der Waals surface area (Å²) in [6.07, 6.45) is 12.4. The van der Waals surface area contributed by atoms with Crippen molar-refractivity contribution in [1.82, 2.24) is 34.9 Å². The van der Waals surface area contributed by atoms with E-state index in [0.717, 1.165) is 72.4 Å². The molecule has 4 aromatic rings. The standard InChI is InChI=1S/C27H33ClN8O/c1-16-5-7-17(8-6-16)15-36-25-20(31-27(36)35-9-10-37-23-4-2-3-22(23)35)12-21(26-32-34-33-26)30-24(25)18-11-19(28)14-29-13-18/h11-14,16-17,22-23,34H,2-10,15H2,1H3,(H,32,33)/t16-,17-,22-,23-/m1/s1. The predicted octanol–water partition coefficient (Wildman–Crippen LogP) is 5.45. The summed E-state index contributed by atoms with van der Waals surface area (Å²) in [5.41, 5.74) is 4.47. The highest BCUT2D eigenvalue weighted by Crippen LogP contribution is 2.39. The zero-order chi connectivity index (χ0) is 24.9. The van der Waals surface area contributed by atoms with Crippen LogP contribution in [0.25, 0.3) is 33.8 Å². The second kappa shape index (κ2) is 9.44. The van der Waals surface area contributed by atoms with Gasteiger partial charge in [-0.25, -0.2) is 15.2 Å². The van der Waals surface area contributed by atoms with Crippen LogP contribution in [0.5, 0.6) is 0 Å². The molecule has 9 nitrogen and oxygen atoms in total. The number of hydrogen-bond acceptors (Lipinski definition) is 6. The Morgan fingerprint density at radius 1 is 1.08 bits per heavy atom. The van der Waals surface area contributed by atoms with Crippen LogP contribution in [0.2, 0.25) is 5.02 Å². The molecule has 3 aliphatic rings. The van der Waals surface area contributed by atoms with Gasteiger partial charge in [-0.2, -0.15) is 0 Å². The van der Waals surface area contributed by atoms with Crippen LogP contribution in [-0.2, 0) is 11.3 Å². The van der Waals surface area contributed by atoms with E-state index in [1.807, 2.05) is 12.3 Å². The van der Waals surface area contributed by atoms with E-state index >= 15 is 0 Å². The van der Waals surface area contributed by atoms with Crippen molar-refractivity contribution in [3.63, 3.8) is 0 Å². The molecule has 0 radical (unpaired) electrons. The van der Waals surface area contributed by atoms with E-state index in [1.165, 1.54) is 32.1 Å². The molecule has 5 heterocycles. The van der Waals surface area contributed by atoms with Crippen molar-refractivity contribution in [3.8, 4) is 22.8 Å². The molecule has 2 atom stereocenters. The minimum absolute atomic E-state index is 0.294. The van der Waals surface area contributed by atoms with Crippen molar-refractivity contribution in [2.75, 3.05) is 18.1 Å². The lowest BCUT2D eigenvalue weighted by molar-refractivity contribution is 0.0247. The Morgan fingerprint density at radius 2 is 1.95 bits per heavy atom. The van der Waals surface area contributed by atoms with Crippen LogP contribution in [0.15, 0.2) is 24.5 Å². The molecular weight excluding hydrogens is 488 g/mol. The third-order valence-corrected chi connectivity index (χ3v) is 8.79. The first-order valence-electron chi connectivity index (χ1n) is 13.6. The molecule has 0 amide bonds. The average Bonchev–Trinajstić information content (AvgIpc) is 3.49. The number of halogens is 1. The van der Waals surface area contributed by atoms with Gasteiger partial charge in [0.1, 0.15) is 5.69 Å². The summed E-state index contributed by atoms with van der Waals surface area (Å²) < 4.78 is 8.62. The summed E-state index contributed by atoms with van der Waals surface area (Å²) in [5.74, 6) is 3.19. The average molecular weight is 521 g/mol. The Hall–Kier alpha value is -2.91. The maximum absolute atomic E-state index is 6.40. The van der Waals surface area contributed by atoms with Crippen molar-refractivity contribution in [2.24, 2.45) is 11.8 Å². The Kier molecular flexibility index (Phi) is 5.92. The number of morpholine rings is 1. The molecule has 0 unspecified atom stereocenters. The number of rotatable bonds is 5. The Bertz CT molecular complexity index is 1390. The van der Waals surface area contributed by atoms with Crippen LogP contribution in [0.1, 0.15) is 51.9 Å². The van der Waals surface area contributed by atoms with Crippen LogP contribution in [0.3, 0.4) is 0 Å². The maximum atomic E-state index is 6.40. The van der Waals surface area contributed by atoms with Crippen molar-refractivity contribution in [1.29, 1.82) is 0 Å². The summed E-state index contributed by atoms with van der Waals surface area (Å²) in [4.78, 5) is 17.3. The second-order valence-electron chi connectivity index (χ2n) is 11.1. The fourth-order valence-electron chi connectivity index (χ4n) is 6.58. The van der Waals surface area contributed by atoms with Crippen LogP contribution in [0, 0.1) is 11.8 Å². The highest BCUT2D eigenvalue weighted by atomic mass is 35.5. The number of anilines is 1. The summed E-state index contributed by atoms with van der Waals surface area (Å²) in [6.45, 7) is 4.92. The largest absolute Gasteiger partial charge is 0.374 e. The lowest BCUT2D eigenvalue weighted by Crippen LogP contribution is -2.49. The van der Waals surface area contributed by atoms with Gasteiger partial charge in [-0.05, 0) is 56.1 Å². The lowest BCUT2D eigenvalue weighted by atomic mass is 9.83. The number of aromatic amines is 2. The van der Waals surface area contributed by atoms with Gasteiger partial charge in [-0.15, -0.1) is 5.10 Å². The molecule has 4 aromatic heterocycles. The summed E-state index contributed by atoms with van der Waals surface area (Å²) in [7, 11) is 0. The minimum atomic E-state index is 0.294. The Balaban J connectivity index is 1.42.